The molecule has 0 aromatic heterocycles. The lowest BCUT2D eigenvalue weighted by Gasteiger charge is -2.12. The maximum absolute atomic E-state index is 5.77. The van der Waals surface area contributed by atoms with Crippen molar-refractivity contribution in [3.05, 3.63) is 35.4 Å². The molecule has 0 heterocycles. The highest BCUT2D eigenvalue weighted by Gasteiger charge is 2.40. The normalized spacial score (nSPS) is 17.7. The van der Waals surface area contributed by atoms with E-state index in [4.69, 9.17) is 10.5 Å². The van der Waals surface area contributed by atoms with Gasteiger partial charge in [-0.2, -0.15) is 0 Å². The molecule has 0 spiro atoms. The Hall–Kier alpha value is -0.860. The summed E-state index contributed by atoms with van der Waals surface area (Å²) in [5.74, 6) is 0. The van der Waals surface area contributed by atoms with Crippen LogP contribution in [0.5, 0.6) is 0 Å². The number of nitrogens with two attached hydrogens (primary N) is 1. The molecule has 0 aliphatic heterocycles. The number of ether oxygens (including phenoxy) is 1. The first-order valence-electron chi connectivity index (χ1n) is 5.55. The summed E-state index contributed by atoms with van der Waals surface area (Å²) in [4.78, 5) is 0. The molecule has 1 fully saturated rings. The van der Waals surface area contributed by atoms with E-state index in [0.29, 0.717) is 12.0 Å². The van der Waals surface area contributed by atoms with Gasteiger partial charge in [0.15, 0.2) is 0 Å². The summed E-state index contributed by atoms with van der Waals surface area (Å²) in [6, 6.07) is 8.69. The number of rotatable bonds is 5. The highest BCUT2D eigenvalue weighted by atomic mass is 16.5. The van der Waals surface area contributed by atoms with Crippen LogP contribution in [0.4, 0.5) is 0 Å². The predicted molar refractivity (Wildman–Crippen MR) is 61.6 cm³/mol. The number of hydrogen-bond acceptors (Lipinski definition) is 2. The molecule has 1 aromatic rings. The second kappa shape index (κ2) is 4.33. The van der Waals surface area contributed by atoms with Crippen molar-refractivity contribution in [1.82, 2.24) is 0 Å². The Balaban J connectivity index is 1.98. The summed E-state index contributed by atoms with van der Waals surface area (Å²) in [7, 11) is 1.72. The van der Waals surface area contributed by atoms with Crippen LogP contribution < -0.4 is 5.73 Å². The standard InChI is InChI=1S/C13H19NO/c1-15-9-12-4-2-11(3-5-12)8-13(10-14)6-7-13/h2-5H,6-10,14H2,1H3. The molecule has 82 valence electrons. The van der Waals surface area contributed by atoms with Gasteiger partial charge in [-0.1, -0.05) is 24.3 Å². The van der Waals surface area contributed by atoms with Crippen molar-refractivity contribution in [3.8, 4) is 0 Å². The summed E-state index contributed by atoms with van der Waals surface area (Å²) in [6.07, 6.45) is 3.73. The molecule has 0 atom stereocenters. The van der Waals surface area contributed by atoms with Gasteiger partial charge in [-0.15, -0.1) is 0 Å². The zero-order chi connectivity index (χ0) is 10.7. The molecule has 0 saturated heterocycles. The van der Waals surface area contributed by atoms with E-state index in [0.717, 1.165) is 13.0 Å². The summed E-state index contributed by atoms with van der Waals surface area (Å²) in [5, 5.41) is 0. The highest BCUT2D eigenvalue weighted by Crippen LogP contribution is 2.47. The molecule has 2 rings (SSSR count). The van der Waals surface area contributed by atoms with Gasteiger partial charge in [0.2, 0.25) is 0 Å². The van der Waals surface area contributed by atoms with Gasteiger partial charge < -0.3 is 10.5 Å². The molecular weight excluding hydrogens is 186 g/mol. The van der Waals surface area contributed by atoms with Crippen LogP contribution in [-0.4, -0.2) is 13.7 Å². The highest BCUT2D eigenvalue weighted by molar-refractivity contribution is 5.24. The summed E-state index contributed by atoms with van der Waals surface area (Å²) in [5.41, 5.74) is 8.84. The van der Waals surface area contributed by atoms with Gasteiger partial charge in [0.05, 0.1) is 6.61 Å². The fourth-order valence-electron chi connectivity index (χ4n) is 1.98. The number of benzene rings is 1. The van der Waals surface area contributed by atoms with E-state index in [9.17, 15) is 0 Å². The molecule has 0 bridgehead atoms. The minimum atomic E-state index is 0.433. The van der Waals surface area contributed by atoms with Crippen LogP contribution in [0.25, 0.3) is 0 Å². The Kier molecular flexibility index (Phi) is 3.08. The Morgan fingerprint density at radius 2 is 1.80 bits per heavy atom. The Morgan fingerprint density at radius 3 is 2.27 bits per heavy atom. The summed E-state index contributed by atoms with van der Waals surface area (Å²) >= 11 is 0. The van der Waals surface area contributed by atoms with Gasteiger partial charge >= 0.3 is 0 Å². The zero-order valence-electron chi connectivity index (χ0n) is 9.33. The van der Waals surface area contributed by atoms with Crippen LogP contribution in [0.15, 0.2) is 24.3 Å². The fourth-order valence-corrected chi connectivity index (χ4v) is 1.98. The largest absolute Gasteiger partial charge is 0.380 e. The SMILES string of the molecule is COCc1ccc(CC2(CN)CC2)cc1. The molecule has 2 N–H and O–H groups in total. The molecule has 1 aromatic carbocycles. The van der Waals surface area contributed by atoms with Gasteiger partial charge in [-0.3, -0.25) is 0 Å². The van der Waals surface area contributed by atoms with Crippen LogP contribution in [-0.2, 0) is 17.8 Å². The maximum atomic E-state index is 5.77. The third-order valence-electron chi connectivity index (χ3n) is 3.30. The quantitative estimate of drug-likeness (QED) is 0.799. The van der Waals surface area contributed by atoms with Gasteiger partial charge in [0.1, 0.15) is 0 Å². The van der Waals surface area contributed by atoms with Crippen LogP contribution >= 0.6 is 0 Å². The molecule has 2 heteroatoms. The zero-order valence-corrected chi connectivity index (χ0v) is 9.33. The average Bonchev–Trinajstić information content (AvgIpc) is 3.02. The first-order chi connectivity index (χ1) is 7.28. The van der Waals surface area contributed by atoms with Crippen molar-refractivity contribution in [2.75, 3.05) is 13.7 Å². The Morgan fingerprint density at radius 1 is 1.20 bits per heavy atom. The predicted octanol–water partition coefficient (Wildman–Crippen LogP) is 2.11. The van der Waals surface area contributed by atoms with E-state index < -0.39 is 0 Å². The second-order valence-corrected chi connectivity index (χ2v) is 4.63. The fraction of sp³-hybridized carbons (Fsp3) is 0.538. The molecule has 0 unspecified atom stereocenters. The van der Waals surface area contributed by atoms with E-state index in [1.54, 1.807) is 7.11 Å². The maximum Gasteiger partial charge on any atom is 0.0713 e. The third kappa shape index (κ3) is 2.58. The average molecular weight is 205 g/mol. The monoisotopic (exact) mass is 205 g/mol. The van der Waals surface area contributed by atoms with Gasteiger partial charge in [0, 0.05) is 7.11 Å². The minimum Gasteiger partial charge on any atom is -0.380 e. The minimum absolute atomic E-state index is 0.433. The van der Waals surface area contributed by atoms with Gasteiger partial charge in [0.25, 0.3) is 0 Å². The molecule has 1 aliphatic carbocycles. The number of methoxy groups -OCH3 is 1. The van der Waals surface area contributed by atoms with E-state index in [1.807, 2.05) is 0 Å². The van der Waals surface area contributed by atoms with Crippen LogP contribution in [0, 0.1) is 5.41 Å². The molecule has 0 radical (unpaired) electrons. The lowest BCUT2D eigenvalue weighted by molar-refractivity contribution is 0.185. The van der Waals surface area contributed by atoms with Crippen molar-refractivity contribution in [3.63, 3.8) is 0 Å². The Labute approximate surface area is 91.4 Å². The van der Waals surface area contributed by atoms with Crippen molar-refractivity contribution < 1.29 is 4.74 Å². The first kappa shape index (κ1) is 10.7. The van der Waals surface area contributed by atoms with Crippen LogP contribution in [0.2, 0.25) is 0 Å². The summed E-state index contributed by atoms with van der Waals surface area (Å²) < 4.78 is 5.08. The smallest absolute Gasteiger partial charge is 0.0713 e. The van der Waals surface area contributed by atoms with E-state index in [-0.39, 0.29) is 0 Å². The van der Waals surface area contributed by atoms with Crippen molar-refractivity contribution in [1.29, 1.82) is 0 Å². The van der Waals surface area contributed by atoms with Crippen molar-refractivity contribution in [2.45, 2.75) is 25.9 Å². The molecule has 1 saturated carbocycles. The van der Waals surface area contributed by atoms with Gasteiger partial charge in [-0.05, 0) is 42.3 Å². The first-order valence-corrected chi connectivity index (χ1v) is 5.55. The molecule has 2 nitrogen and oxygen atoms in total. The lowest BCUT2D eigenvalue weighted by Crippen LogP contribution is -2.17. The van der Waals surface area contributed by atoms with E-state index in [1.165, 1.54) is 24.0 Å². The van der Waals surface area contributed by atoms with Crippen LogP contribution in [0.3, 0.4) is 0 Å². The van der Waals surface area contributed by atoms with E-state index in [2.05, 4.69) is 24.3 Å². The third-order valence-corrected chi connectivity index (χ3v) is 3.30. The van der Waals surface area contributed by atoms with Crippen LogP contribution in [0.1, 0.15) is 24.0 Å². The second-order valence-electron chi connectivity index (χ2n) is 4.63. The number of hydrogen-bond donors (Lipinski definition) is 1. The molecule has 1 aliphatic rings. The van der Waals surface area contributed by atoms with E-state index >= 15 is 0 Å². The lowest BCUT2D eigenvalue weighted by atomic mass is 9.96. The van der Waals surface area contributed by atoms with Crippen molar-refractivity contribution >= 4 is 0 Å². The van der Waals surface area contributed by atoms with Gasteiger partial charge in [-0.25, -0.2) is 0 Å². The summed E-state index contributed by atoms with van der Waals surface area (Å²) in [6.45, 7) is 1.52. The Bertz CT molecular complexity index is 314. The molecule has 0 amide bonds. The molecule has 15 heavy (non-hydrogen) atoms. The topological polar surface area (TPSA) is 35.2 Å². The van der Waals surface area contributed by atoms with Crippen molar-refractivity contribution in [2.24, 2.45) is 11.1 Å². The molecular formula is C13H19NO.